The Morgan fingerprint density at radius 3 is 2.38 bits per heavy atom. The van der Waals surface area contributed by atoms with Gasteiger partial charge in [-0.1, -0.05) is 53.7 Å². The van der Waals surface area contributed by atoms with Crippen LogP contribution < -0.4 is 0 Å². The summed E-state index contributed by atoms with van der Waals surface area (Å²) >= 11 is 0. The van der Waals surface area contributed by atoms with Crippen molar-refractivity contribution in [3.8, 4) is 22.4 Å². The standard InChI is InChI=1S/C31H25N5O3/c1-19-27(20(2)39-35-19)26-17-33-28-24(21-12-14-23(15-13-21)31(37)38-3)18-36(30(28)34-26)29(22-9-5-4-6-10-22)25-11-7-8-16-32-25/h4-18,29H,1-3H3. The van der Waals surface area contributed by atoms with E-state index in [2.05, 4.69) is 28.1 Å². The second kappa shape index (κ2) is 9.98. The van der Waals surface area contributed by atoms with E-state index in [0.717, 1.165) is 39.2 Å². The molecular weight excluding hydrogens is 490 g/mol. The highest BCUT2D eigenvalue weighted by atomic mass is 16.5. The number of rotatable bonds is 6. The Morgan fingerprint density at radius 1 is 0.949 bits per heavy atom. The molecule has 0 aliphatic rings. The number of esters is 1. The van der Waals surface area contributed by atoms with Gasteiger partial charge in [0, 0.05) is 18.0 Å². The van der Waals surface area contributed by atoms with Crippen LogP contribution >= 0.6 is 0 Å². The van der Waals surface area contributed by atoms with Gasteiger partial charge in [-0.25, -0.2) is 14.8 Å². The largest absolute Gasteiger partial charge is 0.465 e. The van der Waals surface area contributed by atoms with E-state index in [0.29, 0.717) is 22.7 Å². The minimum absolute atomic E-state index is 0.257. The molecule has 0 saturated heterocycles. The summed E-state index contributed by atoms with van der Waals surface area (Å²) in [7, 11) is 1.37. The number of aryl methyl sites for hydroxylation is 2. The fourth-order valence-corrected chi connectivity index (χ4v) is 4.94. The summed E-state index contributed by atoms with van der Waals surface area (Å²) in [5.74, 6) is 0.300. The first-order valence-electron chi connectivity index (χ1n) is 12.5. The highest BCUT2D eigenvalue weighted by Gasteiger charge is 2.25. The van der Waals surface area contributed by atoms with Crippen molar-refractivity contribution in [1.82, 2.24) is 24.7 Å². The summed E-state index contributed by atoms with van der Waals surface area (Å²) in [6.45, 7) is 3.76. The summed E-state index contributed by atoms with van der Waals surface area (Å²) in [6.07, 6.45) is 5.61. The SMILES string of the molecule is COC(=O)c1ccc(-c2cn(C(c3ccccc3)c3ccccn3)c3nc(-c4c(C)noc4C)cnc23)cc1. The van der Waals surface area contributed by atoms with Crippen LogP contribution in [0.25, 0.3) is 33.5 Å². The summed E-state index contributed by atoms with van der Waals surface area (Å²) in [5, 5.41) is 4.11. The Labute approximate surface area is 224 Å². The second-order valence-electron chi connectivity index (χ2n) is 9.21. The Balaban J connectivity index is 1.61. The predicted molar refractivity (Wildman–Crippen MR) is 147 cm³/mol. The normalized spacial score (nSPS) is 12.0. The lowest BCUT2D eigenvalue weighted by molar-refractivity contribution is 0.0600. The van der Waals surface area contributed by atoms with Gasteiger partial charge in [0.2, 0.25) is 0 Å². The van der Waals surface area contributed by atoms with Gasteiger partial charge in [0.1, 0.15) is 17.3 Å². The molecule has 4 aromatic heterocycles. The molecular formula is C31H25N5O3. The number of benzene rings is 2. The van der Waals surface area contributed by atoms with Crippen LogP contribution in [-0.4, -0.2) is 37.8 Å². The maximum absolute atomic E-state index is 12.0. The molecule has 39 heavy (non-hydrogen) atoms. The number of carbonyl (C=O) groups is 1. The molecule has 0 amide bonds. The van der Waals surface area contributed by atoms with Crippen LogP contribution in [0.2, 0.25) is 0 Å². The van der Waals surface area contributed by atoms with Gasteiger partial charge < -0.3 is 13.8 Å². The quantitative estimate of drug-likeness (QED) is 0.244. The molecule has 0 N–H and O–H groups in total. The lowest BCUT2D eigenvalue weighted by atomic mass is 10.0. The van der Waals surface area contributed by atoms with Crippen molar-refractivity contribution in [2.24, 2.45) is 0 Å². The molecule has 0 saturated carbocycles. The van der Waals surface area contributed by atoms with Crippen molar-refractivity contribution in [2.45, 2.75) is 19.9 Å². The van der Waals surface area contributed by atoms with Crippen molar-refractivity contribution in [3.63, 3.8) is 0 Å². The number of fused-ring (bicyclic) bond motifs is 1. The van der Waals surface area contributed by atoms with Crippen LogP contribution in [-0.2, 0) is 4.74 Å². The third-order valence-electron chi connectivity index (χ3n) is 6.79. The Hall–Kier alpha value is -5.11. The average Bonchev–Trinajstić information content (AvgIpc) is 3.52. The zero-order valence-electron chi connectivity index (χ0n) is 21.7. The van der Waals surface area contributed by atoms with E-state index >= 15 is 0 Å². The molecule has 1 unspecified atom stereocenters. The van der Waals surface area contributed by atoms with Crippen molar-refractivity contribution in [1.29, 1.82) is 0 Å². The molecule has 4 heterocycles. The predicted octanol–water partition coefficient (Wildman–Crippen LogP) is 6.19. The highest BCUT2D eigenvalue weighted by molar-refractivity contribution is 5.94. The van der Waals surface area contributed by atoms with Crippen molar-refractivity contribution in [3.05, 3.63) is 120 Å². The number of hydrogen-bond acceptors (Lipinski definition) is 7. The van der Waals surface area contributed by atoms with Crippen LogP contribution in [0.4, 0.5) is 0 Å². The number of methoxy groups -OCH3 is 1. The summed E-state index contributed by atoms with van der Waals surface area (Å²) < 4.78 is 12.4. The van der Waals surface area contributed by atoms with Gasteiger partial charge in [-0.15, -0.1) is 0 Å². The smallest absolute Gasteiger partial charge is 0.337 e. The Morgan fingerprint density at radius 2 is 1.72 bits per heavy atom. The third kappa shape index (κ3) is 4.35. The molecule has 8 nitrogen and oxygen atoms in total. The van der Waals surface area contributed by atoms with Gasteiger partial charge in [0.05, 0.1) is 41.5 Å². The molecule has 0 radical (unpaired) electrons. The molecule has 0 bridgehead atoms. The first-order valence-corrected chi connectivity index (χ1v) is 12.5. The third-order valence-corrected chi connectivity index (χ3v) is 6.79. The van der Waals surface area contributed by atoms with E-state index in [1.165, 1.54) is 7.11 Å². The maximum Gasteiger partial charge on any atom is 0.337 e. The van der Waals surface area contributed by atoms with Crippen LogP contribution in [0.1, 0.15) is 39.1 Å². The lowest BCUT2D eigenvalue weighted by Crippen LogP contribution is -2.13. The van der Waals surface area contributed by atoms with E-state index in [1.807, 2.05) is 62.4 Å². The highest BCUT2D eigenvalue weighted by Crippen LogP contribution is 2.36. The van der Waals surface area contributed by atoms with Crippen molar-refractivity contribution < 1.29 is 14.1 Å². The number of nitrogens with zero attached hydrogens (tertiary/aromatic N) is 5. The minimum atomic E-state index is -0.382. The topological polar surface area (TPSA) is 95.9 Å². The van der Waals surface area contributed by atoms with Crippen LogP contribution in [0.15, 0.2) is 95.9 Å². The van der Waals surface area contributed by atoms with Gasteiger partial charge in [-0.05, 0) is 49.2 Å². The molecule has 2 aromatic carbocycles. The lowest BCUT2D eigenvalue weighted by Gasteiger charge is -2.20. The molecule has 0 aliphatic heterocycles. The minimum Gasteiger partial charge on any atom is -0.465 e. The number of hydrogen-bond donors (Lipinski definition) is 0. The number of pyridine rings is 1. The molecule has 192 valence electrons. The molecule has 1 atom stereocenters. The van der Waals surface area contributed by atoms with Crippen LogP contribution in [0.5, 0.6) is 0 Å². The maximum atomic E-state index is 12.0. The summed E-state index contributed by atoms with van der Waals surface area (Å²) in [6, 6.07) is 23.1. The van der Waals surface area contributed by atoms with Crippen LogP contribution in [0.3, 0.4) is 0 Å². The van der Waals surface area contributed by atoms with E-state index in [9.17, 15) is 4.79 Å². The number of ether oxygens (including phenoxy) is 1. The molecule has 0 spiro atoms. The monoisotopic (exact) mass is 515 g/mol. The van der Waals surface area contributed by atoms with Gasteiger partial charge in [-0.3, -0.25) is 4.98 Å². The summed E-state index contributed by atoms with van der Waals surface area (Å²) in [4.78, 5) is 26.7. The van der Waals surface area contributed by atoms with E-state index in [4.69, 9.17) is 24.2 Å². The van der Waals surface area contributed by atoms with Crippen molar-refractivity contribution >= 4 is 17.1 Å². The van der Waals surface area contributed by atoms with Gasteiger partial charge in [-0.2, -0.15) is 0 Å². The zero-order valence-corrected chi connectivity index (χ0v) is 21.7. The van der Waals surface area contributed by atoms with Gasteiger partial charge in [0.25, 0.3) is 0 Å². The van der Waals surface area contributed by atoms with Gasteiger partial charge >= 0.3 is 5.97 Å². The van der Waals surface area contributed by atoms with Gasteiger partial charge in [0.15, 0.2) is 5.65 Å². The molecule has 8 heteroatoms. The first-order chi connectivity index (χ1) is 19.0. The summed E-state index contributed by atoms with van der Waals surface area (Å²) in [5.41, 5.74) is 7.88. The number of carbonyl (C=O) groups excluding carboxylic acids is 1. The van der Waals surface area contributed by atoms with E-state index in [1.54, 1.807) is 24.5 Å². The van der Waals surface area contributed by atoms with E-state index < -0.39 is 0 Å². The zero-order chi connectivity index (χ0) is 26.9. The molecule has 6 rings (SSSR count). The molecule has 0 aliphatic carbocycles. The number of aromatic nitrogens is 5. The second-order valence-corrected chi connectivity index (χ2v) is 9.21. The van der Waals surface area contributed by atoms with E-state index in [-0.39, 0.29) is 12.0 Å². The fourth-order valence-electron chi connectivity index (χ4n) is 4.94. The first kappa shape index (κ1) is 24.2. The average molecular weight is 516 g/mol. The molecule has 0 fully saturated rings. The fraction of sp³-hybridized carbons (Fsp3) is 0.129. The molecule has 6 aromatic rings. The van der Waals surface area contributed by atoms with Crippen LogP contribution in [0, 0.1) is 13.8 Å². The van der Waals surface area contributed by atoms with Crippen molar-refractivity contribution in [2.75, 3.05) is 7.11 Å². The Bertz CT molecular complexity index is 1720. The Kier molecular flexibility index (Phi) is 6.20.